The topological polar surface area (TPSA) is 87.0 Å². The zero-order valence-electron chi connectivity index (χ0n) is 11.2. The van der Waals surface area contributed by atoms with E-state index in [0.29, 0.717) is 5.69 Å². The van der Waals surface area contributed by atoms with E-state index in [1.54, 1.807) is 12.1 Å². The summed E-state index contributed by atoms with van der Waals surface area (Å²) in [5.41, 5.74) is 0.675. The Hall–Kier alpha value is -2.65. The molecule has 0 saturated heterocycles. The third-order valence-corrected chi connectivity index (χ3v) is 4.49. The van der Waals surface area contributed by atoms with Gasteiger partial charge in [-0.15, -0.1) is 0 Å². The average Bonchev–Trinajstić information content (AvgIpc) is 2.47. The average molecular weight is 300 g/mol. The van der Waals surface area contributed by atoms with Gasteiger partial charge in [0.15, 0.2) is 0 Å². The molecule has 0 fully saturated rings. The molecule has 0 aliphatic heterocycles. The summed E-state index contributed by atoms with van der Waals surface area (Å²) in [6.07, 6.45) is 0. The molecule has 2 aromatic rings. The molecule has 0 aliphatic rings. The van der Waals surface area contributed by atoms with Crippen molar-refractivity contribution in [2.45, 2.75) is 16.7 Å². The van der Waals surface area contributed by atoms with E-state index in [4.69, 9.17) is 5.26 Å². The van der Waals surface area contributed by atoms with Crippen molar-refractivity contribution >= 4 is 21.4 Å². The molecule has 106 valence electrons. The monoisotopic (exact) mass is 300 g/mol. The van der Waals surface area contributed by atoms with Gasteiger partial charge in [0.05, 0.1) is 21.4 Å². The van der Waals surface area contributed by atoms with Gasteiger partial charge in [-0.1, -0.05) is 12.1 Å². The smallest absolute Gasteiger partial charge is 0.221 e. The number of anilines is 1. The van der Waals surface area contributed by atoms with Gasteiger partial charge in [-0.2, -0.15) is 5.26 Å². The SMILES string of the molecule is CC(=O)Nc1cccc(S(=O)(=O)c2cccc(C#N)c2)c1. The summed E-state index contributed by atoms with van der Waals surface area (Å²) in [7, 11) is -3.73. The Bertz CT molecular complexity index is 836. The van der Waals surface area contributed by atoms with E-state index in [1.807, 2.05) is 6.07 Å². The number of benzene rings is 2. The molecular weight excluding hydrogens is 288 g/mol. The van der Waals surface area contributed by atoms with Gasteiger partial charge in [0.1, 0.15) is 0 Å². The molecule has 1 amide bonds. The zero-order chi connectivity index (χ0) is 15.5. The van der Waals surface area contributed by atoms with Crippen LogP contribution in [0.4, 0.5) is 5.69 Å². The molecule has 0 spiro atoms. The lowest BCUT2D eigenvalue weighted by atomic mass is 10.2. The number of nitrogens with one attached hydrogen (secondary N) is 1. The Morgan fingerprint density at radius 3 is 2.33 bits per heavy atom. The van der Waals surface area contributed by atoms with Crippen LogP contribution in [0, 0.1) is 11.3 Å². The predicted octanol–water partition coefficient (Wildman–Crippen LogP) is 2.35. The van der Waals surface area contributed by atoms with E-state index >= 15 is 0 Å². The van der Waals surface area contributed by atoms with E-state index in [0.717, 1.165) is 0 Å². The Morgan fingerprint density at radius 2 is 1.71 bits per heavy atom. The minimum atomic E-state index is -3.73. The number of amides is 1. The summed E-state index contributed by atoms with van der Waals surface area (Å²) >= 11 is 0. The minimum Gasteiger partial charge on any atom is -0.326 e. The molecule has 2 rings (SSSR count). The van der Waals surface area contributed by atoms with Crippen LogP contribution in [0.5, 0.6) is 0 Å². The molecule has 0 saturated carbocycles. The first-order valence-corrected chi connectivity index (χ1v) is 7.55. The molecule has 6 heteroatoms. The highest BCUT2D eigenvalue weighted by Crippen LogP contribution is 2.23. The fourth-order valence-corrected chi connectivity index (χ4v) is 3.16. The maximum Gasteiger partial charge on any atom is 0.221 e. The van der Waals surface area contributed by atoms with Crippen molar-refractivity contribution in [3.63, 3.8) is 0 Å². The number of carbonyl (C=O) groups excluding carboxylic acids is 1. The van der Waals surface area contributed by atoms with Crippen molar-refractivity contribution in [3.8, 4) is 6.07 Å². The van der Waals surface area contributed by atoms with Gasteiger partial charge < -0.3 is 5.32 Å². The van der Waals surface area contributed by atoms with Crippen molar-refractivity contribution in [1.82, 2.24) is 0 Å². The van der Waals surface area contributed by atoms with E-state index in [1.165, 1.54) is 43.3 Å². The highest BCUT2D eigenvalue weighted by atomic mass is 32.2. The summed E-state index contributed by atoms with van der Waals surface area (Å²) in [6, 6.07) is 13.7. The molecule has 0 atom stereocenters. The molecule has 0 unspecified atom stereocenters. The maximum atomic E-state index is 12.5. The first-order valence-electron chi connectivity index (χ1n) is 6.06. The molecule has 0 heterocycles. The number of hydrogen-bond acceptors (Lipinski definition) is 4. The number of hydrogen-bond donors (Lipinski definition) is 1. The molecule has 2 aromatic carbocycles. The minimum absolute atomic E-state index is 0.0431. The lowest BCUT2D eigenvalue weighted by molar-refractivity contribution is -0.114. The molecule has 0 aromatic heterocycles. The van der Waals surface area contributed by atoms with Gasteiger partial charge in [-0.25, -0.2) is 8.42 Å². The molecular formula is C15H12N2O3S. The molecule has 5 nitrogen and oxygen atoms in total. The van der Waals surface area contributed by atoms with Crippen LogP contribution in [0.3, 0.4) is 0 Å². The van der Waals surface area contributed by atoms with Crippen molar-refractivity contribution in [1.29, 1.82) is 5.26 Å². The van der Waals surface area contributed by atoms with Gasteiger partial charge in [0, 0.05) is 12.6 Å². The van der Waals surface area contributed by atoms with Crippen molar-refractivity contribution in [2.24, 2.45) is 0 Å². The van der Waals surface area contributed by atoms with Crippen LogP contribution < -0.4 is 5.32 Å². The summed E-state index contributed by atoms with van der Waals surface area (Å²) in [4.78, 5) is 11.1. The summed E-state index contributed by atoms with van der Waals surface area (Å²) in [5.74, 6) is -0.281. The van der Waals surface area contributed by atoms with E-state index < -0.39 is 9.84 Å². The second-order valence-electron chi connectivity index (χ2n) is 4.35. The van der Waals surface area contributed by atoms with Crippen LogP contribution in [0.25, 0.3) is 0 Å². The third kappa shape index (κ3) is 3.27. The van der Waals surface area contributed by atoms with Crippen LogP contribution in [-0.2, 0) is 14.6 Å². The van der Waals surface area contributed by atoms with E-state index in [-0.39, 0.29) is 21.3 Å². The quantitative estimate of drug-likeness (QED) is 0.942. The van der Waals surface area contributed by atoms with Crippen molar-refractivity contribution < 1.29 is 13.2 Å². The van der Waals surface area contributed by atoms with Crippen LogP contribution in [0.1, 0.15) is 12.5 Å². The zero-order valence-corrected chi connectivity index (χ0v) is 12.0. The van der Waals surface area contributed by atoms with Gasteiger partial charge in [0.2, 0.25) is 15.7 Å². The number of carbonyl (C=O) groups is 1. The van der Waals surface area contributed by atoms with Crippen LogP contribution in [-0.4, -0.2) is 14.3 Å². The molecule has 0 bridgehead atoms. The highest BCUT2D eigenvalue weighted by Gasteiger charge is 2.18. The Balaban J connectivity index is 2.49. The number of nitrogens with zero attached hydrogens (tertiary/aromatic N) is 1. The lowest BCUT2D eigenvalue weighted by Gasteiger charge is -2.07. The molecule has 0 radical (unpaired) electrons. The van der Waals surface area contributed by atoms with Gasteiger partial charge in [-0.05, 0) is 36.4 Å². The Morgan fingerprint density at radius 1 is 1.10 bits per heavy atom. The number of sulfone groups is 1. The van der Waals surface area contributed by atoms with Gasteiger partial charge >= 0.3 is 0 Å². The van der Waals surface area contributed by atoms with Crippen molar-refractivity contribution in [2.75, 3.05) is 5.32 Å². The third-order valence-electron chi connectivity index (χ3n) is 2.74. The summed E-state index contributed by atoms with van der Waals surface area (Å²) < 4.78 is 25.0. The van der Waals surface area contributed by atoms with Crippen molar-refractivity contribution in [3.05, 3.63) is 54.1 Å². The summed E-state index contributed by atoms with van der Waals surface area (Å²) in [5, 5.41) is 11.4. The molecule has 21 heavy (non-hydrogen) atoms. The first-order chi connectivity index (χ1) is 9.93. The second kappa shape index (κ2) is 5.77. The largest absolute Gasteiger partial charge is 0.326 e. The second-order valence-corrected chi connectivity index (χ2v) is 6.30. The van der Waals surface area contributed by atoms with Crippen LogP contribution >= 0.6 is 0 Å². The number of rotatable bonds is 3. The normalized spacial score (nSPS) is 10.7. The standard InChI is InChI=1S/C15H12N2O3S/c1-11(18)17-13-5-3-7-15(9-13)21(19,20)14-6-2-4-12(8-14)10-16/h2-9H,1H3,(H,17,18). The van der Waals surface area contributed by atoms with Crippen LogP contribution in [0.2, 0.25) is 0 Å². The van der Waals surface area contributed by atoms with E-state index in [9.17, 15) is 13.2 Å². The Labute approximate surface area is 122 Å². The fraction of sp³-hybridized carbons (Fsp3) is 0.0667. The molecule has 1 N–H and O–H groups in total. The highest BCUT2D eigenvalue weighted by molar-refractivity contribution is 7.91. The fourth-order valence-electron chi connectivity index (χ4n) is 1.81. The van der Waals surface area contributed by atoms with E-state index in [2.05, 4.69) is 5.32 Å². The van der Waals surface area contributed by atoms with Gasteiger partial charge in [0.25, 0.3) is 0 Å². The van der Waals surface area contributed by atoms with Crippen LogP contribution in [0.15, 0.2) is 58.3 Å². The van der Waals surface area contributed by atoms with Gasteiger partial charge in [-0.3, -0.25) is 4.79 Å². The first kappa shape index (κ1) is 14.8. The number of nitriles is 1. The summed E-state index contributed by atoms with van der Waals surface area (Å²) in [6.45, 7) is 1.34. The molecule has 0 aliphatic carbocycles. The Kier molecular flexibility index (Phi) is 4.05. The maximum absolute atomic E-state index is 12.5. The lowest BCUT2D eigenvalue weighted by Crippen LogP contribution is -2.07. The predicted molar refractivity (Wildman–Crippen MR) is 77.4 cm³/mol.